The van der Waals surface area contributed by atoms with Crippen molar-refractivity contribution in [2.24, 2.45) is 5.92 Å². The van der Waals surface area contributed by atoms with Crippen LogP contribution in [0.1, 0.15) is 46.1 Å². The summed E-state index contributed by atoms with van der Waals surface area (Å²) in [5, 5.41) is 2.92. The molecule has 1 aliphatic rings. The molecule has 1 aromatic carbocycles. The first-order valence-corrected chi connectivity index (χ1v) is 9.28. The maximum atomic E-state index is 13.0. The van der Waals surface area contributed by atoms with Crippen molar-refractivity contribution in [3.8, 4) is 0 Å². The van der Waals surface area contributed by atoms with E-state index in [4.69, 9.17) is 0 Å². The molecule has 1 fully saturated rings. The molecule has 3 amide bonds. The highest BCUT2D eigenvalue weighted by molar-refractivity contribution is 5.80. The number of benzene rings is 1. The van der Waals surface area contributed by atoms with E-state index in [1.54, 1.807) is 0 Å². The van der Waals surface area contributed by atoms with Crippen molar-refractivity contribution in [2.45, 2.75) is 59.2 Å². The Morgan fingerprint density at radius 2 is 1.72 bits per heavy atom. The molecule has 5 nitrogen and oxygen atoms in total. The van der Waals surface area contributed by atoms with E-state index in [9.17, 15) is 9.59 Å². The third-order valence-electron chi connectivity index (χ3n) is 4.65. The second-order valence-corrected chi connectivity index (χ2v) is 7.41. The summed E-state index contributed by atoms with van der Waals surface area (Å²) in [5.74, 6) is 0.219. The van der Waals surface area contributed by atoms with Gasteiger partial charge in [0.2, 0.25) is 5.91 Å². The SMILES string of the molecule is CC(C)NC(=O)N1CCC(C(=O)N(Cc2ccccc2)C(C)C)CC1. The minimum Gasteiger partial charge on any atom is -0.336 e. The van der Waals surface area contributed by atoms with Gasteiger partial charge in [0.05, 0.1) is 0 Å². The summed E-state index contributed by atoms with van der Waals surface area (Å²) in [6, 6.07) is 10.4. The van der Waals surface area contributed by atoms with E-state index >= 15 is 0 Å². The van der Waals surface area contributed by atoms with Gasteiger partial charge in [-0.3, -0.25) is 4.79 Å². The number of nitrogens with one attached hydrogen (secondary N) is 1. The molecule has 1 heterocycles. The zero-order valence-corrected chi connectivity index (χ0v) is 15.9. The van der Waals surface area contributed by atoms with Crippen LogP contribution in [0.3, 0.4) is 0 Å². The van der Waals surface area contributed by atoms with Crippen molar-refractivity contribution in [1.29, 1.82) is 0 Å². The quantitative estimate of drug-likeness (QED) is 0.890. The number of carbonyl (C=O) groups excluding carboxylic acids is 2. The molecule has 0 aliphatic carbocycles. The molecule has 1 aromatic rings. The lowest BCUT2D eigenvalue weighted by molar-refractivity contribution is -0.139. The lowest BCUT2D eigenvalue weighted by Gasteiger charge is -2.36. The van der Waals surface area contributed by atoms with Gasteiger partial charge >= 0.3 is 6.03 Å². The molecule has 5 heteroatoms. The van der Waals surface area contributed by atoms with Crippen molar-refractivity contribution in [3.63, 3.8) is 0 Å². The van der Waals surface area contributed by atoms with E-state index in [-0.39, 0.29) is 29.9 Å². The van der Waals surface area contributed by atoms with E-state index in [1.807, 2.05) is 41.8 Å². The van der Waals surface area contributed by atoms with Crippen LogP contribution < -0.4 is 5.32 Å². The van der Waals surface area contributed by atoms with Crippen LogP contribution in [0.5, 0.6) is 0 Å². The van der Waals surface area contributed by atoms with Gasteiger partial charge < -0.3 is 15.1 Å². The van der Waals surface area contributed by atoms with Gasteiger partial charge in [0.15, 0.2) is 0 Å². The molecule has 2 rings (SSSR count). The number of amides is 3. The van der Waals surface area contributed by atoms with Crippen molar-refractivity contribution in [2.75, 3.05) is 13.1 Å². The molecule has 0 saturated carbocycles. The Kier molecular flexibility index (Phi) is 6.85. The van der Waals surface area contributed by atoms with Crippen LogP contribution in [0.25, 0.3) is 0 Å². The summed E-state index contributed by atoms with van der Waals surface area (Å²) in [7, 11) is 0. The Labute approximate surface area is 151 Å². The first-order chi connectivity index (χ1) is 11.9. The molecule has 0 spiro atoms. The largest absolute Gasteiger partial charge is 0.336 e. The van der Waals surface area contributed by atoms with Crippen LogP contribution in [0.4, 0.5) is 4.79 Å². The maximum absolute atomic E-state index is 13.0. The Morgan fingerprint density at radius 3 is 2.24 bits per heavy atom. The first kappa shape index (κ1) is 19.3. The number of nitrogens with zero attached hydrogens (tertiary/aromatic N) is 2. The zero-order chi connectivity index (χ0) is 18.4. The van der Waals surface area contributed by atoms with Crippen molar-refractivity contribution < 1.29 is 9.59 Å². The van der Waals surface area contributed by atoms with Gasteiger partial charge in [-0.15, -0.1) is 0 Å². The van der Waals surface area contributed by atoms with Gasteiger partial charge in [0.1, 0.15) is 0 Å². The molecule has 0 unspecified atom stereocenters. The minimum atomic E-state index is -0.0223. The number of urea groups is 1. The molecule has 1 aliphatic heterocycles. The van der Waals surface area contributed by atoms with E-state index in [0.29, 0.717) is 19.6 Å². The fourth-order valence-electron chi connectivity index (χ4n) is 3.20. The predicted molar refractivity (Wildman–Crippen MR) is 100 cm³/mol. The summed E-state index contributed by atoms with van der Waals surface area (Å²) in [4.78, 5) is 28.9. The van der Waals surface area contributed by atoms with Crippen LogP contribution in [0.15, 0.2) is 30.3 Å². The smallest absolute Gasteiger partial charge is 0.317 e. The van der Waals surface area contributed by atoms with Gasteiger partial charge in [-0.25, -0.2) is 4.79 Å². The molecule has 0 atom stereocenters. The van der Waals surface area contributed by atoms with Crippen LogP contribution >= 0.6 is 0 Å². The van der Waals surface area contributed by atoms with Gasteiger partial charge in [0, 0.05) is 37.6 Å². The van der Waals surface area contributed by atoms with Gasteiger partial charge in [0.25, 0.3) is 0 Å². The Bertz CT molecular complexity index is 564. The first-order valence-electron chi connectivity index (χ1n) is 9.28. The number of carbonyl (C=O) groups is 2. The average molecular weight is 345 g/mol. The lowest BCUT2D eigenvalue weighted by atomic mass is 9.94. The standard InChI is InChI=1S/C20H31N3O2/c1-15(2)21-20(25)22-12-10-18(11-13-22)19(24)23(16(3)4)14-17-8-6-5-7-9-17/h5-9,15-16,18H,10-14H2,1-4H3,(H,21,25). The molecular formula is C20H31N3O2. The highest BCUT2D eigenvalue weighted by Crippen LogP contribution is 2.22. The molecule has 0 bridgehead atoms. The second-order valence-electron chi connectivity index (χ2n) is 7.41. The van der Waals surface area contributed by atoms with Crippen molar-refractivity contribution in [1.82, 2.24) is 15.1 Å². The molecular weight excluding hydrogens is 314 g/mol. The Balaban J connectivity index is 1.94. The highest BCUT2D eigenvalue weighted by Gasteiger charge is 2.31. The van der Waals surface area contributed by atoms with E-state index in [1.165, 1.54) is 0 Å². The number of likely N-dealkylation sites (tertiary alicyclic amines) is 1. The van der Waals surface area contributed by atoms with Crippen LogP contribution in [-0.2, 0) is 11.3 Å². The molecule has 1 N–H and O–H groups in total. The summed E-state index contributed by atoms with van der Waals surface area (Å²) < 4.78 is 0. The third kappa shape index (κ3) is 5.48. The highest BCUT2D eigenvalue weighted by atomic mass is 16.2. The fraction of sp³-hybridized carbons (Fsp3) is 0.600. The Hall–Kier alpha value is -2.04. The van der Waals surface area contributed by atoms with Crippen LogP contribution in [0.2, 0.25) is 0 Å². The number of hydrogen-bond donors (Lipinski definition) is 1. The Morgan fingerprint density at radius 1 is 1.12 bits per heavy atom. The normalized spacial score (nSPS) is 15.5. The number of piperidine rings is 1. The lowest BCUT2D eigenvalue weighted by Crippen LogP contribution is -2.49. The van der Waals surface area contributed by atoms with E-state index < -0.39 is 0 Å². The monoisotopic (exact) mass is 345 g/mol. The summed E-state index contributed by atoms with van der Waals surface area (Å²) in [6.45, 7) is 9.97. The van der Waals surface area contributed by atoms with Gasteiger partial charge in [-0.05, 0) is 46.1 Å². The van der Waals surface area contributed by atoms with E-state index in [2.05, 4.69) is 31.3 Å². The minimum absolute atomic E-state index is 0.00853. The average Bonchev–Trinajstić information content (AvgIpc) is 2.59. The zero-order valence-electron chi connectivity index (χ0n) is 15.9. The van der Waals surface area contributed by atoms with Crippen molar-refractivity contribution >= 4 is 11.9 Å². The molecule has 0 radical (unpaired) electrons. The molecule has 0 aromatic heterocycles. The third-order valence-corrected chi connectivity index (χ3v) is 4.65. The van der Waals surface area contributed by atoms with Gasteiger partial charge in [-0.1, -0.05) is 30.3 Å². The number of rotatable bonds is 5. The van der Waals surface area contributed by atoms with Crippen molar-refractivity contribution in [3.05, 3.63) is 35.9 Å². The number of hydrogen-bond acceptors (Lipinski definition) is 2. The van der Waals surface area contributed by atoms with Crippen LogP contribution in [0, 0.1) is 5.92 Å². The summed E-state index contributed by atoms with van der Waals surface area (Å²) >= 11 is 0. The summed E-state index contributed by atoms with van der Waals surface area (Å²) in [5.41, 5.74) is 1.15. The fourth-order valence-corrected chi connectivity index (χ4v) is 3.20. The molecule has 25 heavy (non-hydrogen) atoms. The molecule has 1 saturated heterocycles. The van der Waals surface area contributed by atoms with E-state index in [0.717, 1.165) is 18.4 Å². The maximum Gasteiger partial charge on any atom is 0.317 e. The second kappa shape index (κ2) is 8.88. The topological polar surface area (TPSA) is 52.7 Å². The van der Waals surface area contributed by atoms with Gasteiger partial charge in [-0.2, -0.15) is 0 Å². The predicted octanol–water partition coefficient (Wildman–Crippen LogP) is 3.25. The van der Waals surface area contributed by atoms with Crippen LogP contribution in [-0.4, -0.2) is 46.9 Å². The summed E-state index contributed by atoms with van der Waals surface area (Å²) in [6.07, 6.45) is 1.48. The molecule has 138 valence electrons.